The molecule has 2 N–H and O–H groups in total. The average molecular weight is 401 g/mol. The zero-order valence-corrected chi connectivity index (χ0v) is 17.5. The molecular formula is C20H28N6OS. The summed E-state index contributed by atoms with van der Waals surface area (Å²) in [4.78, 5) is 13.7. The minimum absolute atomic E-state index is 0.445. The van der Waals surface area contributed by atoms with Gasteiger partial charge in [0.1, 0.15) is 5.82 Å². The number of anilines is 3. The molecule has 0 radical (unpaired) electrons. The number of hydrogen-bond donors (Lipinski definition) is 2. The Hall–Kier alpha value is -2.61. The lowest BCUT2D eigenvalue weighted by atomic mass is 10.2. The molecule has 28 heavy (non-hydrogen) atoms. The number of thiocarbonyl (C=S) groups is 1. The second-order valence-corrected chi connectivity index (χ2v) is 7.54. The minimum atomic E-state index is 0.445. The van der Waals surface area contributed by atoms with E-state index in [1.165, 1.54) is 5.69 Å². The molecule has 0 unspecified atom stereocenters. The highest BCUT2D eigenvalue weighted by Gasteiger charge is 2.20. The Morgan fingerprint density at radius 1 is 1.11 bits per heavy atom. The maximum absolute atomic E-state index is 5.36. The predicted molar refractivity (Wildman–Crippen MR) is 119 cm³/mol. The Morgan fingerprint density at radius 3 is 2.43 bits per heavy atom. The number of aromatic nitrogens is 2. The van der Waals surface area contributed by atoms with Gasteiger partial charge in [-0.2, -0.15) is 9.97 Å². The first-order valence-electron chi connectivity index (χ1n) is 9.58. The molecule has 0 saturated carbocycles. The van der Waals surface area contributed by atoms with Crippen molar-refractivity contribution in [3.8, 4) is 5.88 Å². The summed E-state index contributed by atoms with van der Waals surface area (Å²) in [6.07, 6.45) is 0. The number of para-hydroxylation sites is 1. The van der Waals surface area contributed by atoms with Crippen molar-refractivity contribution in [3.05, 3.63) is 36.4 Å². The van der Waals surface area contributed by atoms with E-state index in [-0.39, 0.29) is 0 Å². The quantitative estimate of drug-likeness (QED) is 0.718. The van der Waals surface area contributed by atoms with Gasteiger partial charge in [0.25, 0.3) is 0 Å². The van der Waals surface area contributed by atoms with Crippen molar-refractivity contribution in [2.24, 2.45) is 5.92 Å². The summed E-state index contributed by atoms with van der Waals surface area (Å²) in [5, 5.41) is 6.75. The Morgan fingerprint density at radius 2 is 1.79 bits per heavy atom. The fourth-order valence-electron chi connectivity index (χ4n) is 3.01. The number of piperazine rings is 1. The number of methoxy groups -OCH3 is 1. The van der Waals surface area contributed by atoms with Crippen molar-refractivity contribution >= 4 is 34.8 Å². The van der Waals surface area contributed by atoms with Crippen molar-refractivity contribution in [1.82, 2.24) is 15.3 Å². The molecule has 0 amide bonds. The van der Waals surface area contributed by atoms with E-state index in [9.17, 15) is 0 Å². The third-order valence-electron chi connectivity index (χ3n) is 4.52. The van der Waals surface area contributed by atoms with Gasteiger partial charge in [-0.3, -0.25) is 0 Å². The third-order valence-corrected chi connectivity index (χ3v) is 4.77. The molecule has 1 aromatic carbocycles. The molecule has 1 aliphatic rings. The van der Waals surface area contributed by atoms with Crippen molar-refractivity contribution < 1.29 is 4.74 Å². The lowest BCUT2D eigenvalue weighted by Gasteiger charge is -2.36. The standard InChI is InChI=1S/C20H28N6OS/c1-15(2)14-21-20(28)24-19-22-17(13-18(23-19)27-3)26-11-9-25(10-12-26)16-7-5-4-6-8-16/h4-8,13,15H,9-12,14H2,1-3H3,(H2,21,22,23,24,28). The number of rotatable bonds is 6. The first-order chi connectivity index (χ1) is 13.5. The van der Waals surface area contributed by atoms with Crippen molar-refractivity contribution in [3.63, 3.8) is 0 Å². The zero-order chi connectivity index (χ0) is 19.9. The highest BCUT2D eigenvalue weighted by molar-refractivity contribution is 7.80. The van der Waals surface area contributed by atoms with E-state index in [2.05, 4.69) is 68.5 Å². The SMILES string of the molecule is COc1cc(N2CCN(c3ccccc3)CC2)nc(NC(=S)NCC(C)C)n1. The Balaban J connectivity index is 1.66. The van der Waals surface area contributed by atoms with Crippen molar-refractivity contribution in [2.75, 3.05) is 55.0 Å². The molecule has 8 heteroatoms. The number of nitrogens with one attached hydrogen (secondary N) is 2. The normalized spacial score (nSPS) is 14.1. The minimum Gasteiger partial charge on any atom is -0.481 e. The van der Waals surface area contributed by atoms with Crippen LogP contribution >= 0.6 is 12.2 Å². The summed E-state index contributed by atoms with van der Waals surface area (Å²) in [7, 11) is 1.61. The van der Waals surface area contributed by atoms with Crippen LogP contribution in [0.1, 0.15) is 13.8 Å². The van der Waals surface area contributed by atoms with Gasteiger partial charge >= 0.3 is 0 Å². The van der Waals surface area contributed by atoms with Crippen molar-refractivity contribution in [2.45, 2.75) is 13.8 Å². The second kappa shape index (κ2) is 9.54. The molecule has 0 bridgehead atoms. The maximum Gasteiger partial charge on any atom is 0.234 e. The molecule has 1 saturated heterocycles. The number of benzene rings is 1. The van der Waals surface area contributed by atoms with E-state index in [0.717, 1.165) is 38.5 Å². The summed E-state index contributed by atoms with van der Waals surface area (Å²) in [6, 6.07) is 12.4. The third kappa shape index (κ3) is 5.45. The molecule has 1 aromatic heterocycles. The van der Waals surface area contributed by atoms with Crippen LogP contribution in [0.25, 0.3) is 0 Å². The number of nitrogens with zero attached hydrogens (tertiary/aromatic N) is 4. The molecule has 7 nitrogen and oxygen atoms in total. The number of ether oxygens (including phenoxy) is 1. The molecule has 0 aliphatic carbocycles. The number of hydrogen-bond acceptors (Lipinski definition) is 6. The first kappa shape index (κ1) is 20.1. The van der Waals surface area contributed by atoms with E-state index < -0.39 is 0 Å². The van der Waals surface area contributed by atoms with Gasteiger partial charge < -0.3 is 25.2 Å². The molecule has 0 atom stereocenters. The Kier molecular flexibility index (Phi) is 6.86. The van der Waals surface area contributed by atoms with Gasteiger partial charge in [-0.05, 0) is 30.3 Å². The van der Waals surface area contributed by atoms with Crippen LogP contribution in [-0.2, 0) is 0 Å². The van der Waals surface area contributed by atoms with Crippen LogP contribution in [0, 0.1) is 5.92 Å². The fourth-order valence-corrected chi connectivity index (χ4v) is 3.19. The van der Waals surface area contributed by atoms with E-state index in [4.69, 9.17) is 17.0 Å². The van der Waals surface area contributed by atoms with Gasteiger partial charge in [-0.25, -0.2) is 0 Å². The van der Waals surface area contributed by atoms with E-state index in [0.29, 0.717) is 22.9 Å². The second-order valence-electron chi connectivity index (χ2n) is 7.13. The smallest absolute Gasteiger partial charge is 0.234 e. The van der Waals surface area contributed by atoms with Gasteiger partial charge in [0, 0.05) is 44.5 Å². The summed E-state index contributed by atoms with van der Waals surface area (Å²) >= 11 is 5.34. The summed E-state index contributed by atoms with van der Waals surface area (Å²) in [6.45, 7) is 8.69. The molecule has 150 valence electrons. The highest BCUT2D eigenvalue weighted by Crippen LogP contribution is 2.23. The van der Waals surface area contributed by atoms with Crippen LogP contribution in [0.15, 0.2) is 36.4 Å². The average Bonchev–Trinajstić information content (AvgIpc) is 2.72. The Bertz CT molecular complexity index is 778. The highest BCUT2D eigenvalue weighted by atomic mass is 32.1. The summed E-state index contributed by atoms with van der Waals surface area (Å²) in [5.74, 6) is 2.31. The Labute approximate surface area is 172 Å². The van der Waals surface area contributed by atoms with Gasteiger partial charge in [0.05, 0.1) is 7.11 Å². The lowest BCUT2D eigenvalue weighted by molar-refractivity contribution is 0.397. The lowest BCUT2D eigenvalue weighted by Crippen LogP contribution is -2.47. The molecule has 2 aromatic rings. The molecule has 1 fully saturated rings. The molecule has 2 heterocycles. The fraction of sp³-hybridized carbons (Fsp3) is 0.450. The van der Waals surface area contributed by atoms with Gasteiger partial charge in [0.2, 0.25) is 11.8 Å². The largest absolute Gasteiger partial charge is 0.481 e. The molecule has 1 aliphatic heterocycles. The van der Waals surface area contributed by atoms with Crippen molar-refractivity contribution in [1.29, 1.82) is 0 Å². The van der Waals surface area contributed by atoms with Crippen LogP contribution in [0.5, 0.6) is 5.88 Å². The van der Waals surface area contributed by atoms with Gasteiger partial charge in [-0.15, -0.1) is 0 Å². The van der Waals surface area contributed by atoms with Gasteiger partial charge in [0.15, 0.2) is 5.11 Å². The van der Waals surface area contributed by atoms with E-state index in [1.807, 2.05) is 12.1 Å². The summed E-state index contributed by atoms with van der Waals surface area (Å²) in [5.41, 5.74) is 1.26. The summed E-state index contributed by atoms with van der Waals surface area (Å²) < 4.78 is 5.36. The van der Waals surface area contributed by atoms with Crippen LogP contribution < -0.4 is 25.2 Å². The van der Waals surface area contributed by atoms with Crippen LogP contribution in [0.2, 0.25) is 0 Å². The van der Waals surface area contributed by atoms with Gasteiger partial charge in [-0.1, -0.05) is 32.0 Å². The topological polar surface area (TPSA) is 65.6 Å². The monoisotopic (exact) mass is 400 g/mol. The molecule has 3 rings (SSSR count). The van der Waals surface area contributed by atoms with Crippen LogP contribution in [-0.4, -0.2) is 54.9 Å². The zero-order valence-electron chi connectivity index (χ0n) is 16.7. The van der Waals surface area contributed by atoms with Crippen LogP contribution in [0.3, 0.4) is 0 Å². The first-order valence-corrected chi connectivity index (χ1v) is 9.99. The molecule has 0 spiro atoms. The predicted octanol–water partition coefficient (Wildman–Crippen LogP) is 2.75. The molecular weight excluding hydrogens is 372 g/mol. The van der Waals surface area contributed by atoms with Crippen LogP contribution in [0.4, 0.5) is 17.5 Å². The van der Waals surface area contributed by atoms with E-state index in [1.54, 1.807) is 7.11 Å². The maximum atomic E-state index is 5.36. The van der Waals surface area contributed by atoms with E-state index >= 15 is 0 Å².